The van der Waals surface area contributed by atoms with Gasteiger partial charge in [-0.2, -0.15) is 0 Å². The third-order valence-electron chi connectivity index (χ3n) is 2.99. The van der Waals surface area contributed by atoms with Crippen LogP contribution < -0.4 is 0 Å². The van der Waals surface area contributed by atoms with Gasteiger partial charge >= 0.3 is 0 Å². The minimum absolute atomic E-state index is 0.633. The van der Waals surface area contributed by atoms with Gasteiger partial charge in [0.2, 0.25) is 0 Å². The van der Waals surface area contributed by atoms with E-state index in [9.17, 15) is 0 Å². The fraction of sp³-hybridized carbons (Fsp3) is 0.636. The molecule has 1 saturated carbocycles. The number of allylic oxidation sites excluding steroid dienone is 4. The smallest absolute Gasteiger partial charge is 0.0114 e. The second kappa shape index (κ2) is 3.34. The van der Waals surface area contributed by atoms with Crippen molar-refractivity contribution in [1.29, 1.82) is 0 Å². The molecule has 3 unspecified atom stereocenters. The monoisotopic (exact) mass is 180 g/mol. The van der Waals surface area contributed by atoms with E-state index in [4.69, 9.17) is 0 Å². The van der Waals surface area contributed by atoms with Crippen molar-refractivity contribution in [2.75, 3.05) is 0 Å². The molecule has 5 atom stereocenters. The number of hydrogen-bond donors (Lipinski definition) is 0. The summed E-state index contributed by atoms with van der Waals surface area (Å²) in [5, 5.41) is 0. The van der Waals surface area contributed by atoms with Gasteiger partial charge in [0.1, 0.15) is 0 Å². The lowest BCUT2D eigenvalue weighted by molar-refractivity contribution is 0.549. The first-order valence-corrected chi connectivity index (χ1v) is 5.54. The summed E-state index contributed by atoms with van der Waals surface area (Å²) in [6.07, 6.45) is 12.4. The maximum atomic E-state index is 2.82. The second-order valence-corrected chi connectivity index (χ2v) is 5.24. The van der Waals surface area contributed by atoms with Crippen LogP contribution in [0.15, 0.2) is 24.3 Å². The number of rotatable bonds is 2. The summed E-state index contributed by atoms with van der Waals surface area (Å²) in [5.74, 6) is 2.63. The van der Waals surface area contributed by atoms with Crippen molar-refractivity contribution in [3.63, 3.8) is 0 Å². The van der Waals surface area contributed by atoms with Gasteiger partial charge in [0.05, 0.1) is 0 Å². The molecular weight excluding hydrogens is 163 g/mol. The lowest BCUT2D eigenvalue weighted by Gasteiger charge is -2.13. The van der Waals surface area contributed by atoms with E-state index >= 15 is 0 Å². The Labute approximate surface area is 77.3 Å². The van der Waals surface area contributed by atoms with E-state index in [1.54, 1.807) is 0 Å². The zero-order chi connectivity index (χ0) is 8.55. The largest absolute Gasteiger partial charge is 0.131 e. The van der Waals surface area contributed by atoms with Crippen molar-refractivity contribution in [1.82, 2.24) is 0 Å². The minimum Gasteiger partial charge on any atom is -0.131 e. The molecule has 0 aliphatic heterocycles. The van der Waals surface area contributed by atoms with Gasteiger partial charge in [0.25, 0.3) is 0 Å². The average molecular weight is 180 g/mol. The van der Waals surface area contributed by atoms with E-state index < -0.39 is 0 Å². The Hall–Kier alpha value is -0.0900. The summed E-state index contributed by atoms with van der Waals surface area (Å²) in [6.45, 7) is 2.21. The Kier molecular flexibility index (Phi) is 2.37. The van der Waals surface area contributed by atoms with Crippen molar-refractivity contribution in [2.24, 2.45) is 17.8 Å². The normalized spacial score (nSPS) is 41.3. The minimum atomic E-state index is 0.633. The van der Waals surface area contributed by atoms with Gasteiger partial charge in [-0.05, 0) is 36.3 Å². The van der Waals surface area contributed by atoms with Crippen molar-refractivity contribution < 1.29 is 0 Å². The SMILES string of the molecule is C[C@H](P)/C=C\[C@H]1CC2C=CC1C2. The molecular formula is C11H17P. The first kappa shape index (κ1) is 8.51. The first-order valence-electron chi connectivity index (χ1n) is 4.88. The molecule has 66 valence electrons. The summed E-state index contributed by atoms with van der Waals surface area (Å²) < 4.78 is 0. The topological polar surface area (TPSA) is 0 Å². The summed E-state index contributed by atoms with van der Waals surface area (Å²) in [6, 6.07) is 0. The van der Waals surface area contributed by atoms with E-state index in [-0.39, 0.29) is 0 Å². The van der Waals surface area contributed by atoms with Crippen molar-refractivity contribution in [3.8, 4) is 0 Å². The zero-order valence-corrected chi connectivity index (χ0v) is 8.77. The van der Waals surface area contributed by atoms with E-state index in [1.807, 2.05) is 0 Å². The van der Waals surface area contributed by atoms with Gasteiger partial charge in [0.15, 0.2) is 0 Å². The van der Waals surface area contributed by atoms with Crippen LogP contribution in [0.1, 0.15) is 19.8 Å². The molecule has 0 spiro atoms. The van der Waals surface area contributed by atoms with E-state index in [1.165, 1.54) is 12.8 Å². The molecule has 1 fully saturated rings. The molecule has 2 aliphatic carbocycles. The number of fused-ring (bicyclic) bond motifs is 2. The molecule has 0 aromatic carbocycles. The van der Waals surface area contributed by atoms with Crippen molar-refractivity contribution >= 4 is 9.24 Å². The number of hydrogen-bond acceptors (Lipinski definition) is 0. The van der Waals surface area contributed by atoms with E-state index in [0.717, 1.165) is 17.8 Å². The molecule has 0 N–H and O–H groups in total. The van der Waals surface area contributed by atoms with Crippen LogP contribution in [-0.2, 0) is 0 Å². The van der Waals surface area contributed by atoms with Gasteiger partial charge in [-0.3, -0.25) is 0 Å². The summed E-state index contributed by atoms with van der Waals surface area (Å²) in [7, 11) is 2.82. The summed E-state index contributed by atoms with van der Waals surface area (Å²) >= 11 is 0. The van der Waals surface area contributed by atoms with Crippen LogP contribution in [0.5, 0.6) is 0 Å². The van der Waals surface area contributed by atoms with Crippen LogP contribution in [0.25, 0.3) is 0 Å². The Balaban J connectivity index is 1.95. The molecule has 12 heavy (non-hydrogen) atoms. The zero-order valence-electron chi connectivity index (χ0n) is 7.61. The average Bonchev–Trinajstić information content (AvgIpc) is 2.60. The molecule has 0 amide bonds. The highest BCUT2D eigenvalue weighted by atomic mass is 31.0. The predicted octanol–water partition coefficient (Wildman–Crippen LogP) is 3.02. The highest BCUT2D eigenvalue weighted by molar-refractivity contribution is 7.17. The molecule has 0 aromatic heterocycles. The summed E-state index contributed by atoms with van der Waals surface area (Å²) in [5.41, 5.74) is 0.633. The first-order chi connectivity index (χ1) is 5.75. The van der Waals surface area contributed by atoms with Crippen LogP contribution in [0, 0.1) is 17.8 Å². The molecule has 0 saturated heterocycles. The Morgan fingerprint density at radius 3 is 2.75 bits per heavy atom. The Morgan fingerprint density at radius 2 is 2.25 bits per heavy atom. The van der Waals surface area contributed by atoms with Crippen molar-refractivity contribution in [2.45, 2.75) is 25.4 Å². The molecule has 2 rings (SSSR count). The Morgan fingerprint density at radius 1 is 1.42 bits per heavy atom. The molecule has 0 radical (unpaired) electrons. The fourth-order valence-corrected chi connectivity index (χ4v) is 2.49. The lowest BCUT2D eigenvalue weighted by atomic mass is 9.93. The quantitative estimate of drug-likeness (QED) is 0.452. The van der Waals surface area contributed by atoms with E-state index in [2.05, 4.69) is 40.5 Å². The van der Waals surface area contributed by atoms with Gasteiger partial charge in [0, 0.05) is 0 Å². The summed E-state index contributed by atoms with van der Waals surface area (Å²) in [4.78, 5) is 0. The third kappa shape index (κ3) is 1.64. The lowest BCUT2D eigenvalue weighted by Crippen LogP contribution is -2.03. The predicted molar refractivity (Wildman–Crippen MR) is 57.2 cm³/mol. The van der Waals surface area contributed by atoms with Gasteiger partial charge in [-0.1, -0.05) is 31.2 Å². The third-order valence-corrected chi connectivity index (χ3v) is 3.21. The molecule has 1 heteroatoms. The standard InChI is InChI=1S/C11H17P/c1-8(12)2-4-10-6-9-3-5-11(10)7-9/h2-5,8-11H,6-7,12H2,1H3/b4-2-/t8-,9?,10-,11?/m0/s1. The highest BCUT2D eigenvalue weighted by Gasteiger charge is 2.33. The molecule has 2 aliphatic rings. The van der Waals surface area contributed by atoms with Crippen LogP contribution >= 0.6 is 9.24 Å². The van der Waals surface area contributed by atoms with Crippen molar-refractivity contribution in [3.05, 3.63) is 24.3 Å². The van der Waals surface area contributed by atoms with Crippen LogP contribution in [-0.4, -0.2) is 5.66 Å². The highest BCUT2D eigenvalue weighted by Crippen LogP contribution is 2.44. The van der Waals surface area contributed by atoms with Crippen LogP contribution in [0.3, 0.4) is 0 Å². The Bertz CT molecular complexity index is 215. The molecule has 0 heterocycles. The molecule has 0 aromatic rings. The van der Waals surface area contributed by atoms with Crippen LogP contribution in [0.4, 0.5) is 0 Å². The van der Waals surface area contributed by atoms with Gasteiger partial charge in [-0.15, -0.1) is 9.24 Å². The molecule has 2 bridgehead atoms. The van der Waals surface area contributed by atoms with Gasteiger partial charge < -0.3 is 0 Å². The van der Waals surface area contributed by atoms with Gasteiger partial charge in [-0.25, -0.2) is 0 Å². The van der Waals surface area contributed by atoms with E-state index in [0.29, 0.717) is 5.66 Å². The molecule has 0 nitrogen and oxygen atoms in total. The van der Waals surface area contributed by atoms with Crippen LogP contribution in [0.2, 0.25) is 0 Å². The fourth-order valence-electron chi connectivity index (χ4n) is 2.36. The maximum Gasteiger partial charge on any atom is -0.0114 e. The maximum absolute atomic E-state index is 2.82. The second-order valence-electron chi connectivity index (χ2n) is 4.19.